The van der Waals surface area contributed by atoms with E-state index >= 15 is 0 Å². The Kier molecular flexibility index (Phi) is 1.55. The predicted octanol–water partition coefficient (Wildman–Crippen LogP) is 1.82. The van der Waals surface area contributed by atoms with Gasteiger partial charge in [0.1, 0.15) is 12.0 Å². The fraction of sp³-hybridized carbons (Fsp3) is 0.625. The van der Waals surface area contributed by atoms with Crippen LogP contribution in [0.1, 0.15) is 32.3 Å². The lowest BCUT2D eigenvalue weighted by Crippen LogP contribution is -2.13. The highest BCUT2D eigenvalue weighted by atomic mass is 14.9. The molecule has 10 heavy (non-hydrogen) atoms. The third-order valence-corrected chi connectivity index (χ3v) is 1.35. The van der Waals surface area contributed by atoms with E-state index < -0.39 is 0 Å². The van der Waals surface area contributed by atoms with Crippen molar-refractivity contribution in [2.24, 2.45) is 0 Å². The number of hydrogen-bond acceptors (Lipinski definition) is 1. The molecular weight excluding hydrogens is 124 g/mol. The number of hydrogen-bond donors (Lipinski definition) is 1. The fourth-order valence-electron chi connectivity index (χ4n) is 0.728. The monoisotopic (exact) mass is 137 g/mol. The quantitative estimate of drug-likeness (QED) is 0.580. The highest BCUT2D eigenvalue weighted by molar-refractivity contribution is 5.05. The van der Waals surface area contributed by atoms with Crippen molar-refractivity contribution < 1.29 is 0 Å². The van der Waals surface area contributed by atoms with Crippen LogP contribution < -0.4 is 0 Å². The van der Waals surface area contributed by atoms with Gasteiger partial charge in [0, 0.05) is 11.1 Å². The Morgan fingerprint density at radius 2 is 2.00 bits per heavy atom. The summed E-state index contributed by atoms with van der Waals surface area (Å²) in [7, 11) is 0. The summed E-state index contributed by atoms with van der Waals surface area (Å²) in [5, 5.41) is 0. The summed E-state index contributed by atoms with van der Waals surface area (Å²) in [5.74, 6) is 1.00. The lowest BCUT2D eigenvalue weighted by atomic mass is 9.96. The first-order valence-corrected chi connectivity index (χ1v) is 3.45. The van der Waals surface area contributed by atoms with Crippen LogP contribution >= 0.6 is 0 Å². The molecule has 1 heterocycles. The van der Waals surface area contributed by atoms with Crippen LogP contribution in [-0.4, -0.2) is 9.97 Å². The molecule has 0 saturated carbocycles. The molecular formula is C8H13N2. The molecule has 0 amide bonds. The van der Waals surface area contributed by atoms with Gasteiger partial charge in [-0.25, -0.2) is 4.98 Å². The van der Waals surface area contributed by atoms with E-state index in [4.69, 9.17) is 0 Å². The number of nitrogens with zero attached hydrogens (tertiary/aromatic N) is 1. The first kappa shape index (κ1) is 7.32. The summed E-state index contributed by atoms with van der Waals surface area (Å²) in [6.07, 6.45) is 2.87. The Hall–Kier alpha value is -0.790. The zero-order valence-corrected chi connectivity index (χ0v) is 6.95. The molecule has 0 unspecified atom stereocenters. The molecule has 0 fully saturated rings. The molecule has 0 aliphatic rings. The second-order valence-electron chi connectivity index (χ2n) is 3.57. The number of nitrogens with one attached hydrogen (secondary N) is 1. The Morgan fingerprint density at radius 1 is 1.40 bits per heavy atom. The second kappa shape index (κ2) is 2.11. The first-order chi connectivity index (χ1) is 4.50. The standard InChI is InChI=1S/C8H13N2/c1-6-5-9-7(10-6)8(2,3)4/h1-4H3,(H,9,10). The molecule has 0 spiro atoms. The summed E-state index contributed by atoms with van der Waals surface area (Å²) >= 11 is 0. The van der Waals surface area contributed by atoms with Gasteiger partial charge in [0.2, 0.25) is 0 Å². The molecule has 55 valence electrons. The smallest absolute Gasteiger partial charge is 0.112 e. The molecule has 2 nitrogen and oxygen atoms in total. The van der Waals surface area contributed by atoms with Gasteiger partial charge in [0.05, 0.1) is 0 Å². The molecule has 0 bridgehead atoms. The molecule has 1 aromatic rings. The molecule has 0 aromatic carbocycles. The lowest BCUT2D eigenvalue weighted by Gasteiger charge is -2.13. The summed E-state index contributed by atoms with van der Waals surface area (Å²) in [6, 6.07) is 0. The largest absolute Gasteiger partial charge is 0.345 e. The van der Waals surface area contributed by atoms with Crippen LogP contribution in [0.4, 0.5) is 0 Å². The summed E-state index contributed by atoms with van der Waals surface area (Å²) in [4.78, 5) is 7.26. The molecule has 0 atom stereocenters. The molecule has 1 radical (unpaired) electrons. The number of aromatic nitrogens is 2. The molecule has 0 aliphatic carbocycles. The van der Waals surface area contributed by atoms with Crippen molar-refractivity contribution in [3.05, 3.63) is 17.7 Å². The van der Waals surface area contributed by atoms with Crippen molar-refractivity contribution in [1.82, 2.24) is 9.97 Å². The number of imidazole rings is 1. The minimum absolute atomic E-state index is 0.116. The zero-order chi connectivity index (χ0) is 7.78. The molecule has 1 N–H and O–H groups in total. The zero-order valence-electron chi connectivity index (χ0n) is 6.95. The summed E-state index contributed by atoms with van der Waals surface area (Å²) in [6.45, 7) is 8.33. The Balaban J connectivity index is 2.96. The fourth-order valence-corrected chi connectivity index (χ4v) is 0.728. The van der Waals surface area contributed by atoms with Gasteiger partial charge in [-0.1, -0.05) is 20.8 Å². The Morgan fingerprint density at radius 3 is 2.20 bits per heavy atom. The van der Waals surface area contributed by atoms with E-state index in [1.807, 2.05) is 6.92 Å². The van der Waals surface area contributed by atoms with Gasteiger partial charge in [0.15, 0.2) is 0 Å². The maximum absolute atomic E-state index is 4.11. The van der Waals surface area contributed by atoms with Gasteiger partial charge < -0.3 is 4.98 Å². The summed E-state index contributed by atoms with van der Waals surface area (Å²) in [5.41, 5.74) is 1.12. The molecule has 1 aromatic heterocycles. The van der Waals surface area contributed by atoms with Crippen LogP contribution in [0.15, 0.2) is 0 Å². The normalized spacial score (nSPS) is 12.0. The van der Waals surface area contributed by atoms with Crippen LogP contribution in [0, 0.1) is 13.1 Å². The van der Waals surface area contributed by atoms with Crippen molar-refractivity contribution in [2.75, 3.05) is 0 Å². The van der Waals surface area contributed by atoms with Crippen LogP contribution in [0.5, 0.6) is 0 Å². The van der Waals surface area contributed by atoms with Crippen LogP contribution in [-0.2, 0) is 5.41 Å². The van der Waals surface area contributed by atoms with Gasteiger partial charge in [0.25, 0.3) is 0 Å². The predicted molar refractivity (Wildman–Crippen MR) is 40.9 cm³/mol. The van der Waals surface area contributed by atoms with E-state index in [0.29, 0.717) is 0 Å². The van der Waals surface area contributed by atoms with Gasteiger partial charge in [-0.15, -0.1) is 0 Å². The topological polar surface area (TPSA) is 28.7 Å². The van der Waals surface area contributed by atoms with Crippen molar-refractivity contribution in [1.29, 1.82) is 0 Å². The van der Waals surface area contributed by atoms with E-state index in [1.54, 1.807) is 0 Å². The third kappa shape index (κ3) is 1.38. The maximum atomic E-state index is 4.11. The first-order valence-electron chi connectivity index (χ1n) is 3.45. The molecule has 1 rings (SSSR count). The number of aryl methyl sites for hydroxylation is 1. The molecule has 2 heteroatoms. The minimum atomic E-state index is 0.116. The summed E-state index contributed by atoms with van der Waals surface area (Å²) < 4.78 is 0. The molecule has 0 aliphatic heterocycles. The third-order valence-electron chi connectivity index (χ3n) is 1.35. The number of rotatable bonds is 0. The average Bonchev–Trinajstić information content (AvgIpc) is 2.11. The maximum Gasteiger partial charge on any atom is 0.112 e. The van der Waals surface area contributed by atoms with E-state index in [1.165, 1.54) is 0 Å². The number of H-pyrrole nitrogens is 1. The van der Waals surface area contributed by atoms with E-state index in [2.05, 4.69) is 36.9 Å². The minimum Gasteiger partial charge on any atom is -0.345 e. The van der Waals surface area contributed by atoms with E-state index in [9.17, 15) is 0 Å². The highest BCUT2D eigenvalue weighted by Gasteiger charge is 2.16. The lowest BCUT2D eigenvalue weighted by molar-refractivity contribution is 0.551. The number of aromatic amines is 1. The van der Waals surface area contributed by atoms with Crippen molar-refractivity contribution in [2.45, 2.75) is 33.1 Å². The van der Waals surface area contributed by atoms with Crippen LogP contribution in [0.3, 0.4) is 0 Å². The Bertz CT molecular complexity index is 217. The van der Waals surface area contributed by atoms with Gasteiger partial charge >= 0.3 is 0 Å². The van der Waals surface area contributed by atoms with Crippen molar-refractivity contribution >= 4 is 0 Å². The van der Waals surface area contributed by atoms with E-state index in [0.717, 1.165) is 11.5 Å². The highest BCUT2D eigenvalue weighted by Crippen LogP contribution is 2.17. The van der Waals surface area contributed by atoms with Crippen molar-refractivity contribution in [3.63, 3.8) is 0 Å². The van der Waals surface area contributed by atoms with Crippen molar-refractivity contribution in [3.8, 4) is 0 Å². The van der Waals surface area contributed by atoms with Gasteiger partial charge in [-0.2, -0.15) is 0 Å². The molecule has 0 saturated heterocycles. The Labute approximate surface area is 61.7 Å². The average molecular weight is 137 g/mol. The van der Waals surface area contributed by atoms with Gasteiger partial charge in [-0.05, 0) is 6.92 Å². The second-order valence-corrected chi connectivity index (χ2v) is 3.57. The van der Waals surface area contributed by atoms with Gasteiger partial charge in [-0.3, -0.25) is 0 Å². The van der Waals surface area contributed by atoms with E-state index in [-0.39, 0.29) is 5.41 Å². The van der Waals surface area contributed by atoms with Crippen LogP contribution in [0.2, 0.25) is 0 Å². The SMILES string of the molecule is Cc1[c]nc(C(C)(C)C)[nH]1. The van der Waals surface area contributed by atoms with Crippen LogP contribution in [0.25, 0.3) is 0 Å².